The van der Waals surface area contributed by atoms with Gasteiger partial charge in [0.15, 0.2) is 5.69 Å². The summed E-state index contributed by atoms with van der Waals surface area (Å²) < 4.78 is 0. The summed E-state index contributed by atoms with van der Waals surface area (Å²) >= 11 is 0. The molecule has 1 fully saturated rings. The molecule has 3 N–H and O–H groups in total. The van der Waals surface area contributed by atoms with Gasteiger partial charge in [0.25, 0.3) is 11.8 Å². The summed E-state index contributed by atoms with van der Waals surface area (Å²) in [6.07, 6.45) is 6.88. The fourth-order valence-corrected chi connectivity index (χ4v) is 3.35. The van der Waals surface area contributed by atoms with Gasteiger partial charge in [0.2, 0.25) is 0 Å². The van der Waals surface area contributed by atoms with Gasteiger partial charge in [-0.05, 0) is 42.7 Å². The summed E-state index contributed by atoms with van der Waals surface area (Å²) in [5.41, 5.74) is 4.51. The highest BCUT2D eigenvalue weighted by Gasteiger charge is 2.27. The van der Waals surface area contributed by atoms with Crippen molar-refractivity contribution in [3.05, 3.63) is 71.6 Å². The molecular weight excluding hydrogens is 368 g/mol. The van der Waals surface area contributed by atoms with E-state index in [9.17, 15) is 9.59 Å². The minimum Gasteiger partial charge on any atom is -0.351 e. The van der Waals surface area contributed by atoms with Gasteiger partial charge in [0, 0.05) is 29.4 Å². The average Bonchev–Trinajstić information content (AvgIpc) is 3.53. The number of carbonyl (C=O) groups is 2. The highest BCUT2D eigenvalue weighted by Crippen LogP contribution is 2.39. The molecule has 8 heteroatoms. The Morgan fingerprint density at radius 1 is 1.07 bits per heavy atom. The lowest BCUT2D eigenvalue weighted by atomic mass is 10.1. The Hall–Kier alpha value is -3.81. The van der Waals surface area contributed by atoms with E-state index < -0.39 is 0 Å². The van der Waals surface area contributed by atoms with Crippen LogP contribution in [0.2, 0.25) is 0 Å². The number of aromatic nitrogens is 3. The Kier molecular flexibility index (Phi) is 4.16. The predicted molar refractivity (Wildman–Crippen MR) is 107 cm³/mol. The fraction of sp³-hybridized carbons (Fsp3) is 0.190. The Bertz CT molecular complexity index is 1110. The molecule has 0 saturated heterocycles. The van der Waals surface area contributed by atoms with Gasteiger partial charge in [-0.3, -0.25) is 9.59 Å². The van der Waals surface area contributed by atoms with Crippen LogP contribution in [0.1, 0.15) is 50.9 Å². The topological polar surface area (TPSA) is 109 Å². The maximum Gasteiger partial charge on any atom is 0.276 e. The Labute approximate surface area is 166 Å². The number of rotatable bonds is 5. The number of amides is 2. The first-order chi connectivity index (χ1) is 14.2. The zero-order valence-electron chi connectivity index (χ0n) is 15.5. The third-order valence-corrected chi connectivity index (χ3v) is 5.02. The molecule has 1 saturated carbocycles. The van der Waals surface area contributed by atoms with E-state index in [2.05, 4.69) is 30.9 Å². The molecule has 0 radical (unpaired) electrons. The molecule has 3 aromatic rings. The summed E-state index contributed by atoms with van der Waals surface area (Å²) in [6, 6.07) is 9.13. The molecule has 2 amide bonds. The molecule has 1 aliphatic carbocycles. The first-order valence-corrected chi connectivity index (χ1v) is 9.43. The van der Waals surface area contributed by atoms with Gasteiger partial charge < -0.3 is 16.0 Å². The molecule has 0 bridgehead atoms. The summed E-state index contributed by atoms with van der Waals surface area (Å²) in [7, 11) is 0. The number of hydrogen-bond acceptors (Lipinski definition) is 6. The van der Waals surface area contributed by atoms with Crippen molar-refractivity contribution < 1.29 is 9.59 Å². The molecule has 1 aromatic carbocycles. The Morgan fingerprint density at radius 3 is 2.69 bits per heavy atom. The lowest BCUT2D eigenvalue weighted by Gasteiger charge is -2.13. The Balaban J connectivity index is 1.45. The number of benzene rings is 1. The normalized spacial score (nSPS) is 14.8. The van der Waals surface area contributed by atoms with E-state index in [1.165, 1.54) is 6.33 Å². The summed E-state index contributed by atoms with van der Waals surface area (Å²) in [6.45, 7) is 0.514. The van der Waals surface area contributed by atoms with Crippen molar-refractivity contribution in [2.24, 2.45) is 0 Å². The van der Waals surface area contributed by atoms with Gasteiger partial charge in [-0.15, -0.1) is 0 Å². The molecule has 3 heterocycles. The molecule has 144 valence electrons. The van der Waals surface area contributed by atoms with Crippen molar-refractivity contribution >= 4 is 28.9 Å². The van der Waals surface area contributed by atoms with Crippen molar-refractivity contribution in [1.82, 2.24) is 20.3 Å². The molecule has 5 rings (SSSR count). The van der Waals surface area contributed by atoms with Gasteiger partial charge >= 0.3 is 0 Å². The van der Waals surface area contributed by atoms with Crippen LogP contribution in [-0.2, 0) is 6.54 Å². The molecule has 8 nitrogen and oxygen atoms in total. The van der Waals surface area contributed by atoms with Crippen LogP contribution in [0.15, 0.2) is 49.1 Å². The van der Waals surface area contributed by atoms with Crippen molar-refractivity contribution in [3.8, 4) is 0 Å². The number of carbonyl (C=O) groups excluding carboxylic acids is 2. The van der Waals surface area contributed by atoms with Gasteiger partial charge in [0.05, 0.1) is 23.8 Å². The second-order valence-corrected chi connectivity index (χ2v) is 7.17. The van der Waals surface area contributed by atoms with Gasteiger partial charge in [0.1, 0.15) is 6.33 Å². The molecule has 29 heavy (non-hydrogen) atoms. The van der Waals surface area contributed by atoms with Gasteiger partial charge in [-0.25, -0.2) is 15.0 Å². The second-order valence-electron chi connectivity index (χ2n) is 7.17. The summed E-state index contributed by atoms with van der Waals surface area (Å²) in [5, 5.41) is 8.81. The number of anilines is 3. The Morgan fingerprint density at radius 2 is 1.90 bits per heavy atom. The minimum absolute atomic E-state index is 0.128. The van der Waals surface area contributed by atoms with Crippen LogP contribution in [0, 0.1) is 0 Å². The van der Waals surface area contributed by atoms with E-state index in [0.717, 1.165) is 24.1 Å². The van der Waals surface area contributed by atoms with Gasteiger partial charge in [-0.2, -0.15) is 0 Å². The quantitative estimate of drug-likeness (QED) is 0.622. The summed E-state index contributed by atoms with van der Waals surface area (Å²) in [5.74, 6) is -0.0547. The third kappa shape index (κ3) is 3.52. The molecule has 0 unspecified atom stereocenters. The van der Waals surface area contributed by atoms with E-state index >= 15 is 0 Å². The van der Waals surface area contributed by atoms with Crippen molar-refractivity contribution in [2.45, 2.75) is 25.3 Å². The highest BCUT2D eigenvalue weighted by molar-refractivity contribution is 6.08. The molecule has 2 aromatic heterocycles. The van der Waals surface area contributed by atoms with Crippen LogP contribution in [-0.4, -0.2) is 26.8 Å². The monoisotopic (exact) mass is 386 g/mol. The van der Waals surface area contributed by atoms with Crippen molar-refractivity contribution in [1.29, 1.82) is 0 Å². The predicted octanol–water partition coefficient (Wildman–Crippen LogP) is 2.99. The summed E-state index contributed by atoms with van der Waals surface area (Å²) in [4.78, 5) is 37.5. The van der Waals surface area contributed by atoms with Crippen LogP contribution in [0.25, 0.3) is 0 Å². The second kappa shape index (κ2) is 6.97. The largest absolute Gasteiger partial charge is 0.351 e. The molecule has 0 spiro atoms. The minimum atomic E-state index is -0.342. The van der Waals surface area contributed by atoms with E-state index in [0.29, 0.717) is 40.8 Å². The first-order valence-electron chi connectivity index (χ1n) is 9.43. The van der Waals surface area contributed by atoms with Gasteiger partial charge in [-0.1, -0.05) is 6.07 Å². The zero-order valence-corrected chi connectivity index (χ0v) is 15.5. The average molecular weight is 386 g/mol. The number of pyridine rings is 1. The highest BCUT2D eigenvalue weighted by atomic mass is 16.2. The smallest absolute Gasteiger partial charge is 0.276 e. The number of hydrogen-bond donors (Lipinski definition) is 3. The number of nitrogens with one attached hydrogen (secondary N) is 3. The molecular formula is C21H18N6O2. The fourth-order valence-electron chi connectivity index (χ4n) is 3.35. The van der Waals surface area contributed by atoms with Crippen LogP contribution < -0.4 is 16.0 Å². The van der Waals surface area contributed by atoms with Crippen LogP contribution in [0.4, 0.5) is 17.1 Å². The molecule has 0 atom stereocenters. The maximum absolute atomic E-state index is 13.1. The third-order valence-electron chi connectivity index (χ3n) is 5.02. The first kappa shape index (κ1) is 17.3. The maximum atomic E-state index is 13.1. The van der Waals surface area contributed by atoms with E-state index in [1.807, 2.05) is 18.2 Å². The van der Waals surface area contributed by atoms with E-state index in [1.54, 1.807) is 24.5 Å². The van der Waals surface area contributed by atoms with Crippen molar-refractivity contribution in [2.75, 3.05) is 10.6 Å². The van der Waals surface area contributed by atoms with E-state index in [-0.39, 0.29) is 11.8 Å². The van der Waals surface area contributed by atoms with Crippen LogP contribution in [0.3, 0.4) is 0 Å². The van der Waals surface area contributed by atoms with Crippen LogP contribution in [0.5, 0.6) is 0 Å². The lowest BCUT2D eigenvalue weighted by molar-refractivity contribution is 0.0964. The lowest BCUT2D eigenvalue weighted by Crippen LogP contribution is -2.17. The number of nitrogens with zero attached hydrogens (tertiary/aromatic N) is 3. The molecule has 1 aliphatic heterocycles. The van der Waals surface area contributed by atoms with Crippen molar-refractivity contribution in [3.63, 3.8) is 0 Å². The number of fused-ring (bicyclic) bond motifs is 1. The zero-order chi connectivity index (χ0) is 19.8. The van der Waals surface area contributed by atoms with E-state index in [4.69, 9.17) is 0 Å². The molecule has 2 aliphatic rings. The SMILES string of the molecule is O=C1NCc2ccc(NC(=O)c3nc(C4CC4)ccc3Nc3cncnc3)cc21. The standard InChI is InChI=1S/C21H18N6O2/c28-20-16-7-14(4-3-13(16)8-24-20)26-21(29)19-18(25-15-9-22-11-23-10-15)6-5-17(27-19)12-1-2-12/h3-7,9-12,25H,1-2,8H2,(H,24,28)(H,26,29). The van der Waals surface area contributed by atoms with Crippen LogP contribution >= 0.6 is 0 Å².